The monoisotopic (exact) mass is 200 g/mol. The number of unbranched alkanes of at least 4 members (excludes halogenated alkanes) is 1. The van der Waals surface area contributed by atoms with Crippen LogP contribution in [0.15, 0.2) is 12.7 Å². The number of nitrogens with two attached hydrogens (primary N) is 1. The summed E-state index contributed by atoms with van der Waals surface area (Å²) in [4.78, 5) is 2.13. The predicted molar refractivity (Wildman–Crippen MR) is 61.2 cm³/mol. The van der Waals surface area contributed by atoms with E-state index in [-0.39, 0.29) is 12.6 Å². The highest BCUT2D eigenvalue weighted by molar-refractivity contribution is 4.76. The third-order valence-corrected chi connectivity index (χ3v) is 2.22. The normalized spacial score (nSPS) is 13.1. The summed E-state index contributed by atoms with van der Waals surface area (Å²) in [7, 11) is 0. The lowest BCUT2D eigenvalue weighted by atomic mass is 10.1. The van der Waals surface area contributed by atoms with Crippen LogP contribution in [-0.4, -0.2) is 42.3 Å². The largest absolute Gasteiger partial charge is 0.395 e. The minimum Gasteiger partial charge on any atom is -0.395 e. The highest BCUT2D eigenvalue weighted by Crippen LogP contribution is 2.00. The van der Waals surface area contributed by atoms with Gasteiger partial charge in [0.25, 0.3) is 0 Å². The van der Waals surface area contributed by atoms with Gasteiger partial charge < -0.3 is 10.8 Å². The van der Waals surface area contributed by atoms with Crippen LogP contribution >= 0.6 is 0 Å². The number of nitrogens with zero attached hydrogens (tertiary/aromatic N) is 1. The summed E-state index contributed by atoms with van der Waals surface area (Å²) >= 11 is 0. The Morgan fingerprint density at radius 1 is 1.57 bits per heavy atom. The molecule has 0 aromatic heterocycles. The molecule has 0 aromatic carbocycles. The quantitative estimate of drug-likeness (QED) is 0.546. The maximum atomic E-state index is 8.84. The number of hydrogen-bond acceptors (Lipinski definition) is 3. The first-order valence-corrected chi connectivity index (χ1v) is 5.44. The standard InChI is InChI=1S/C11H24N2O/c1-3-5-6-11(12)10-13(7-4-2)8-9-14/h4,11,14H,2-3,5-10,12H2,1H3. The zero-order valence-corrected chi connectivity index (χ0v) is 9.28. The zero-order valence-electron chi connectivity index (χ0n) is 9.28. The van der Waals surface area contributed by atoms with Crippen molar-refractivity contribution >= 4 is 0 Å². The van der Waals surface area contributed by atoms with Crippen molar-refractivity contribution in [2.24, 2.45) is 5.73 Å². The van der Waals surface area contributed by atoms with Crippen LogP contribution in [0.25, 0.3) is 0 Å². The first kappa shape index (κ1) is 13.6. The van der Waals surface area contributed by atoms with E-state index in [9.17, 15) is 0 Å². The van der Waals surface area contributed by atoms with E-state index >= 15 is 0 Å². The summed E-state index contributed by atoms with van der Waals surface area (Å²) in [5.41, 5.74) is 5.96. The molecule has 84 valence electrons. The molecule has 0 saturated carbocycles. The van der Waals surface area contributed by atoms with Crippen molar-refractivity contribution < 1.29 is 5.11 Å². The number of hydrogen-bond donors (Lipinski definition) is 2. The Labute approximate surface area is 87.6 Å². The average Bonchev–Trinajstić information content (AvgIpc) is 2.15. The van der Waals surface area contributed by atoms with E-state index in [1.54, 1.807) is 0 Å². The molecule has 0 aliphatic heterocycles. The molecule has 1 unspecified atom stereocenters. The van der Waals surface area contributed by atoms with Crippen LogP contribution in [0.2, 0.25) is 0 Å². The van der Waals surface area contributed by atoms with Crippen LogP contribution in [0.3, 0.4) is 0 Å². The lowest BCUT2D eigenvalue weighted by molar-refractivity contribution is 0.199. The Morgan fingerprint density at radius 2 is 2.29 bits per heavy atom. The fourth-order valence-corrected chi connectivity index (χ4v) is 1.47. The Bertz CT molecular complexity index is 139. The highest BCUT2D eigenvalue weighted by Gasteiger charge is 2.08. The average molecular weight is 200 g/mol. The first-order valence-electron chi connectivity index (χ1n) is 5.44. The van der Waals surface area contributed by atoms with Gasteiger partial charge in [-0.05, 0) is 6.42 Å². The number of rotatable bonds is 9. The SMILES string of the molecule is C=CCN(CCO)CC(N)CCCC. The maximum absolute atomic E-state index is 8.84. The summed E-state index contributed by atoms with van der Waals surface area (Å²) in [6.45, 7) is 8.39. The van der Waals surface area contributed by atoms with Crippen molar-refractivity contribution in [3.8, 4) is 0 Å². The molecule has 0 spiro atoms. The highest BCUT2D eigenvalue weighted by atomic mass is 16.3. The number of aliphatic hydroxyl groups is 1. The molecule has 0 aliphatic carbocycles. The Hall–Kier alpha value is -0.380. The van der Waals surface area contributed by atoms with E-state index in [4.69, 9.17) is 10.8 Å². The second-order valence-electron chi connectivity index (χ2n) is 3.67. The molecule has 0 rings (SSSR count). The second-order valence-corrected chi connectivity index (χ2v) is 3.67. The molecule has 0 radical (unpaired) electrons. The summed E-state index contributed by atoms with van der Waals surface area (Å²) in [5, 5.41) is 8.84. The van der Waals surface area contributed by atoms with Crippen LogP contribution in [-0.2, 0) is 0 Å². The smallest absolute Gasteiger partial charge is 0.0558 e. The molecular weight excluding hydrogens is 176 g/mol. The van der Waals surface area contributed by atoms with Crippen molar-refractivity contribution in [2.75, 3.05) is 26.2 Å². The van der Waals surface area contributed by atoms with Crippen LogP contribution < -0.4 is 5.73 Å². The lowest BCUT2D eigenvalue weighted by Crippen LogP contribution is -2.39. The fraction of sp³-hybridized carbons (Fsp3) is 0.818. The summed E-state index contributed by atoms with van der Waals surface area (Å²) in [6.07, 6.45) is 5.29. The van der Waals surface area contributed by atoms with Gasteiger partial charge in [0.1, 0.15) is 0 Å². The molecule has 0 aliphatic rings. The van der Waals surface area contributed by atoms with Gasteiger partial charge in [-0.2, -0.15) is 0 Å². The lowest BCUT2D eigenvalue weighted by Gasteiger charge is -2.23. The molecular formula is C11H24N2O. The van der Waals surface area contributed by atoms with Gasteiger partial charge in [0.15, 0.2) is 0 Å². The second kappa shape index (κ2) is 9.19. The Morgan fingerprint density at radius 3 is 2.79 bits per heavy atom. The third kappa shape index (κ3) is 7.06. The maximum Gasteiger partial charge on any atom is 0.0558 e. The van der Waals surface area contributed by atoms with Crippen LogP contribution in [0.4, 0.5) is 0 Å². The molecule has 0 amide bonds. The Balaban J connectivity index is 3.70. The van der Waals surface area contributed by atoms with E-state index in [2.05, 4.69) is 18.4 Å². The Kier molecular flexibility index (Phi) is 8.94. The van der Waals surface area contributed by atoms with Gasteiger partial charge in [0.05, 0.1) is 6.61 Å². The van der Waals surface area contributed by atoms with E-state index in [0.29, 0.717) is 6.54 Å². The minimum atomic E-state index is 0.189. The van der Waals surface area contributed by atoms with Crippen molar-refractivity contribution in [1.29, 1.82) is 0 Å². The van der Waals surface area contributed by atoms with E-state index in [0.717, 1.165) is 19.5 Å². The van der Waals surface area contributed by atoms with Gasteiger partial charge in [0.2, 0.25) is 0 Å². The topological polar surface area (TPSA) is 49.5 Å². The van der Waals surface area contributed by atoms with Gasteiger partial charge in [0, 0.05) is 25.7 Å². The molecule has 0 bridgehead atoms. The van der Waals surface area contributed by atoms with Gasteiger partial charge in [-0.25, -0.2) is 0 Å². The molecule has 3 heteroatoms. The summed E-state index contributed by atoms with van der Waals surface area (Å²) in [5.74, 6) is 0. The molecule has 0 saturated heterocycles. The fourth-order valence-electron chi connectivity index (χ4n) is 1.47. The molecule has 0 aromatic rings. The molecule has 3 nitrogen and oxygen atoms in total. The van der Waals surface area contributed by atoms with Gasteiger partial charge in [-0.3, -0.25) is 4.90 Å². The molecule has 3 N–H and O–H groups in total. The van der Waals surface area contributed by atoms with Crippen LogP contribution in [0.1, 0.15) is 26.2 Å². The predicted octanol–water partition coefficient (Wildman–Crippen LogP) is 0.984. The van der Waals surface area contributed by atoms with Crippen molar-refractivity contribution in [2.45, 2.75) is 32.2 Å². The molecule has 0 heterocycles. The van der Waals surface area contributed by atoms with Gasteiger partial charge >= 0.3 is 0 Å². The van der Waals surface area contributed by atoms with E-state index in [1.807, 2.05) is 6.08 Å². The molecule has 1 atom stereocenters. The van der Waals surface area contributed by atoms with Crippen molar-refractivity contribution in [3.05, 3.63) is 12.7 Å². The molecule has 14 heavy (non-hydrogen) atoms. The van der Waals surface area contributed by atoms with Gasteiger partial charge in [-0.1, -0.05) is 25.8 Å². The van der Waals surface area contributed by atoms with E-state index in [1.165, 1.54) is 12.8 Å². The van der Waals surface area contributed by atoms with E-state index < -0.39 is 0 Å². The summed E-state index contributed by atoms with van der Waals surface area (Å²) < 4.78 is 0. The van der Waals surface area contributed by atoms with Crippen LogP contribution in [0, 0.1) is 0 Å². The van der Waals surface area contributed by atoms with Crippen LogP contribution in [0.5, 0.6) is 0 Å². The first-order chi connectivity index (χ1) is 6.74. The minimum absolute atomic E-state index is 0.189. The molecule has 0 fully saturated rings. The zero-order chi connectivity index (χ0) is 10.8. The summed E-state index contributed by atoms with van der Waals surface area (Å²) in [6, 6.07) is 0.224. The van der Waals surface area contributed by atoms with Crippen molar-refractivity contribution in [1.82, 2.24) is 4.90 Å². The van der Waals surface area contributed by atoms with Gasteiger partial charge in [-0.15, -0.1) is 6.58 Å². The number of aliphatic hydroxyl groups excluding tert-OH is 1. The van der Waals surface area contributed by atoms with Crippen molar-refractivity contribution in [3.63, 3.8) is 0 Å². The third-order valence-electron chi connectivity index (χ3n) is 2.22.